The van der Waals surface area contributed by atoms with Gasteiger partial charge in [-0.2, -0.15) is 0 Å². The Bertz CT molecular complexity index is 840. The van der Waals surface area contributed by atoms with E-state index < -0.39 is 0 Å². The summed E-state index contributed by atoms with van der Waals surface area (Å²) in [6, 6.07) is 0. The third-order valence-electron chi connectivity index (χ3n) is 4.22. The van der Waals surface area contributed by atoms with Crippen LogP contribution < -0.4 is 11.2 Å². The van der Waals surface area contributed by atoms with Crippen molar-refractivity contribution >= 4 is 27.8 Å². The van der Waals surface area contributed by atoms with E-state index in [1.54, 1.807) is 18.4 Å². The lowest BCUT2D eigenvalue weighted by atomic mass is 10.1. The van der Waals surface area contributed by atoms with Gasteiger partial charge in [0.25, 0.3) is 5.56 Å². The molecule has 1 aliphatic heterocycles. The Hall–Kier alpha value is -1.73. The molecule has 3 heterocycles. The molecule has 1 aliphatic rings. The van der Waals surface area contributed by atoms with Crippen molar-refractivity contribution in [3.8, 4) is 0 Å². The molecule has 0 aromatic carbocycles. The highest BCUT2D eigenvalue weighted by atomic mass is 32.1. The molecule has 1 atom stereocenters. The predicted molar refractivity (Wildman–Crippen MR) is 85.1 cm³/mol. The molecule has 0 N–H and O–H groups in total. The fraction of sp³-hybridized carbons (Fsp3) is 0.533. The van der Waals surface area contributed by atoms with E-state index in [-0.39, 0.29) is 17.2 Å². The van der Waals surface area contributed by atoms with Crippen LogP contribution in [0.2, 0.25) is 0 Å². The normalized spacial score (nSPS) is 18.2. The zero-order valence-electron chi connectivity index (χ0n) is 12.6. The third kappa shape index (κ3) is 2.24. The minimum absolute atomic E-state index is 0.269. The summed E-state index contributed by atoms with van der Waals surface area (Å²) in [5.41, 5.74) is 0.0625. The molecular formula is C15H18N2O4S. The van der Waals surface area contributed by atoms with Gasteiger partial charge in [-0.15, -0.1) is 11.3 Å². The Labute approximate surface area is 130 Å². The lowest BCUT2D eigenvalue weighted by molar-refractivity contribution is 0.112. The molecule has 3 rings (SSSR count). The maximum absolute atomic E-state index is 12.6. The molecule has 0 bridgehead atoms. The number of carbonyl (C=O) groups excluding carboxylic acids is 1. The highest BCUT2D eigenvalue weighted by molar-refractivity contribution is 7.20. The van der Waals surface area contributed by atoms with E-state index in [1.807, 2.05) is 0 Å². The average molecular weight is 322 g/mol. The Balaban J connectivity index is 2.30. The van der Waals surface area contributed by atoms with E-state index in [2.05, 4.69) is 0 Å². The number of hydrogen-bond donors (Lipinski definition) is 0. The summed E-state index contributed by atoms with van der Waals surface area (Å²) in [5.74, 6) is 0.269. The van der Waals surface area contributed by atoms with Crippen LogP contribution in [-0.2, 0) is 17.8 Å². The summed E-state index contributed by atoms with van der Waals surface area (Å²) in [6.45, 7) is 5.72. The second-order valence-corrected chi connectivity index (χ2v) is 6.59. The van der Waals surface area contributed by atoms with Crippen molar-refractivity contribution in [3.05, 3.63) is 31.3 Å². The van der Waals surface area contributed by atoms with E-state index in [4.69, 9.17) is 4.74 Å². The Morgan fingerprint density at radius 2 is 2.14 bits per heavy atom. The molecule has 7 heteroatoms. The van der Waals surface area contributed by atoms with Crippen LogP contribution in [0.25, 0.3) is 10.2 Å². The number of fused-ring (bicyclic) bond motifs is 1. The molecule has 1 unspecified atom stereocenters. The lowest BCUT2D eigenvalue weighted by Crippen LogP contribution is -2.40. The van der Waals surface area contributed by atoms with Gasteiger partial charge >= 0.3 is 5.69 Å². The van der Waals surface area contributed by atoms with Crippen LogP contribution in [0.15, 0.2) is 9.59 Å². The van der Waals surface area contributed by atoms with Gasteiger partial charge in [0.2, 0.25) is 0 Å². The molecule has 6 nitrogen and oxygen atoms in total. The smallest absolute Gasteiger partial charge is 0.332 e. The van der Waals surface area contributed by atoms with Crippen LogP contribution in [0.5, 0.6) is 0 Å². The first-order valence-corrected chi connectivity index (χ1v) is 8.19. The topological polar surface area (TPSA) is 70.3 Å². The largest absolute Gasteiger partial charge is 0.381 e. The number of rotatable bonds is 4. The summed E-state index contributed by atoms with van der Waals surface area (Å²) in [4.78, 5) is 37.5. The monoisotopic (exact) mass is 322 g/mol. The van der Waals surface area contributed by atoms with Crippen molar-refractivity contribution in [2.24, 2.45) is 5.92 Å². The number of aromatic nitrogens is 2. The van der Waals surface area contributed by atoms with Crippen molar-refractivity contribution < 1.29 is 9.53 Å². The fourth-order valence-electron chi connectivity index (χ4n) is 2.95. The molecule has 0 radical (unpaired) electrons. The van der Waals surface area contributed by atoms with Gasteiger partial charge in [0.15, 0.2) is 6.29 Å². The first-order chi connectivity index (χ1) is 10.6. The SMILES string of the molecule is CCn1c(=O)c2c(C)c(C=O)sc2n(CC2CCOC2)c1=O. The first-order valence-electron chi connectivity index (χ1n) is 7.38. The Kier molecular flexibility index (Phi) is 4.01. The summed E-state index contributed by atoms with van der Waals surface area (Å²) >= 11 is 1.22. The first kappa shape index (κ1) is 15.2. The predicted octanol–water partition coefficient (Wildman–Crippen LogP) is 1.40. The third-order valence-corrected chi connectivity index (χ3v) is 5.46. The number of carbonyl (C=O) groups is 1. The second kappa shape index (κ2) is 5.81. The number of aryl methyl sites for hydroxylation is 1. The molecular weight excluding hydrogens is 304 g/mol. The average Bonchev–Trinajstić information content (AvgIpc) is 3.11. The second-order valence-electron chi connectivity index (χ2n) is 5.56. The lowest BCUT2D eigenvalue weighted by Gasteiger charge is -2.14. The minimum Gasteiger partial charge on any atom is -0.381 e. The summed E-state index contributed by atoms with van der Waals surface area (Å²) in [5, 5.41) is 0.493. The van der Waals surface area contributed by atoms with Gasteiger partial charge in [0.1, 0.15) is 4.83 Å². The van der Waals surface area contributed by atoms with E-state index in [0.717, 1.165) is 12.7 Å². The van der Waals surface area contributed by atoms with Crippen LogP contribution >= 0.6 is 11.3 Å². The van der Waals surface area contributed by atoms with Crippen molar-refractivity contribution in [2.45, 2.75) is 33.4 Å². The molecule has 0 aliphatic carbocycles. The number of hydrogen-bond acceptors (Lipinski definition) is 5. The number of aldehydes is 1. The maximum atomic E-state index is 12.6. The Morgan fingerprint density at radius 1 is 1.36 bits per heavy atom. The fourth-order valence-corrected chi connectivity index (χ4v) is 4.07. The zero-order valence-corrected chi connectivity index (χ0v) is 13.4. The quantitative estimate of drug-likeness (QED) is 0.798. The van der Waals surface area contributed by atoms with Gasteiger partial charge in [-0.1, -0.05) is 0 Å². The van der Waals surface area contributed by atoms with E-state index in [9.17, 15) is 14.4 Å². The summed E-state index contributed by atoms with van der Waals surface area (Å²) in [7, 11) is 0. The molecule has 22 heavy (non-hydrogen) atoms. The summed E-state index contributed by atoms with van der Waals surface area (Å²) < 4.78 is 8.26. The molecule has 0 spiro atoms. The molecule has 2 aromatic heterocycles. The molecule has 118 valence electrons. The van der Waals surface area contributed by atoms with Gasteiger partial charge in [0.05, 0.1) is 16.9 Å². The standard InChI is InChI=1S/C15H18N2O4S/c1-3-16-13(19)12-9(2)11(7-18)22-14(12)17(15(16)20)6-10-4-5-21-8-10/h7,10H,3-6,8H2,1-2H3. The van der Waals surface area contributed by atoms with Crippen molar-refractivity contribution in [3.63, 3.8) is 0 Å². The molecule has 0 amide bonds. The Morgan fingerprint density at radius 3 is 2.73 bits per heavy atom. The molecule has 2 aromatic rings. The van der Waals surface area contributed by atoms with Crippen molar-refractivity contribution in [1.29, 1.82) is 0 Å². The number of ether oxygens (including phenoxy) is 1. The van der Waals surface area contributed by atoms with Crippen molar-refractivity contribution in [2.75, 3.05) is 13.2 Å². The van der Waals surface area contributed by atoms with Crippen molar-refractivity contribution in [1.82, 2.24) is 9.13 Å². The van der Waals surface area contributed by atoms with Gasteiger partial charge in [-0.25, -0.2) is 4.79 Å². The molecule has 1 fully saturated rings. The van der Waals surface area contributed by atoms with Crippen LogP contribution in [0.3, 0.4) is 0 Å². The van der Waals surface area contributed by atoms with Crippen LogP contribution in [-0.4, -0.2) is 28.6 Å². The van der Waals surface area contributed by atoms with Gasteiger partial charge in [-0.05, 0) is 25.8 Å². The van der Waals surface area contributed by atoms with Gasteiger partial charge in [0, 0.05) is 25.6 Å². The van der Waals surface area contributed by atoms with Gasteiger partial charge in [-0.3, -0.25) is 18.7 Å². The molecule has 1 saturated heterocycles. The van der Waals surface area contributed by atoms with Crippen LogP contribution in [0.1, 0.15) is 28.6 Å². The molecule has 0 saturated carbocycles. The van der Waals surface area contributed by atoms with Gasteiger partial charge < -0.3 is 4.74 Å². The van der Waals surface area contributed by atoms with Crippen LogP contribution in [0.4, 0.5) is 0 Å². The number of nitrogens with zero attached hydrogens (tertiary/aromatic N) is 2. The highest BCUT2D eigenvalue weighted by Gasteiger charge is 2.23. The van der Waals surface area contributed by atoms with E-state index in [1.165, 1.54) is 15.9 Å². The van der Waals surface area contributed by atoms with Crippen LogP contribution in [0, 0.1) is 12.8 Å². The zero-order chi connectivity index (χ0) is 15.9. The minimum atomic E-state index is -0.303. The van der Waals surface area contributed by atoms with E-state index in [0.29, 0.717) is 47.0 Å². The number of thiophene rings is 1. The highest BCUT2D eigenvalue weighted by Crippen LogP contribution is 2.27. The maximum Gasteiger partial charge on any atom is 0.332 e. The summed E-state index contributed by atoms with van der Waals surface area (Å²) in [6.07, 6.45) is 1.66. The van der Waals surface area contributed by atoms with E-state index >= 15 is 0 Å².